The topological polar surface area (TPSA) is 72.8 Å². The molecule has 0 aliphatic heterocycles. The van der Waals surface area contributed by atoms with E-state index >= 15 is 0 Å². The van der Waals surface area contributed by atoms with Crippen LogP contribution in [0.4, 0.5) is 0 Å². The van der Waals surface area contributed by atoms with Crippen LogP contribution in [0.1, 0.15) is 13.8 Å². The molecule has 5 nitrogen and oxygen atoms in total. The Kier molecular flexibility index (Phi) is 9.07. The molecular formula is C6H16AlO5P. The highest BCUT2D eigenvalue weighted by molar-refractivity contribution is 7.54. The molecule has 0 saturated heterocycles. The Morgan fingerprint density at radius 2 is 1.69 bits per heavy atom. The van der Waals surface area contributed by atoms with Gasteiger partial charge in [-0.2, -0.15) is 0 Å². The van der Waals surface area contributed by atoms with Gasteiger partial charge in [0.2, 0.25) is 0 Å². The average molecular weight is 226 g/mol. The van der Waals surface area contributed by atoms with Gasteiger partial charge in [0.25, 0.3) is 0 Å². The maximum Gasteiger partial charge on any atom is 0.341 e. The van der Waals surface area contributed by atoms with E-state index in [1.54, 1.807) is 13.8 Å². The molecule has 0 spiro atoms. The van der Waals surface area contributed by atoms with Crippen LogP contribution in [0.3, 0.4) is 0 Å². The fourth-order valence-electron chi connectivity index (χ4n) is 0.688. The van der Waals surface area contributed by atoms with Crippen LogP contribution in [0, 0.1) is 0 Å². The van der Waals surface area contributed by atoms with E-state index in [1.165, 1.54) is 0 Å². The minimum Gasteiger partial charge on any atom is -0.481 e. The van der Waals surface area contributed by atoms with Crippen molar-refractivity contribution in [3.63, 3.8) is 0 Å². The highest BCUT2D eigenvalue weighted by Gasteiger charge is 2.26. The SMILES string of the molecule is CCOP(=O)(CC(=O)O)OCC.[AlH3]. The summed E-state index contributed by atoms with van der Waals surface area (Å²) in [6, 6.07) is 0. The lowest BCUT2D eigenvalue weighted by Crippen LogP contribution is -2.08. The molecule has 0 atom stereocenters. The fraction of sp³-hybridized carbons (Fsp3) is 0.833. The Morgan fingerprint density at radius 1 is 1.31 bits per heavy atom. The van der Waals surface area contributed by atoms with Crippen molar-refractivity contribution >= 4 is 30.9 Å². The van der Waals surface area contributed by atoms with Crippen molar-refractivity contribution in [1.29, 1.82) is 0 Å². The summed E-state index contributed by atoms with van der Waals surface area (Å²) >= 11 is 0. The van der Waals surface area contributed by atoms with Crippen molar-refractivity contribution in [3.8, 4) is 0 Å². The number of hydrogen-bond acceptors (Lipinski definition) is 4. The first-order chi connectivity index (χ1) is 5.54. The van der Waals surface area contributed by atoms with E-state index in [4.69, 9.17) is 14.2 Å². The summed E-state index contributed by atoms with van der Waals surface area (Å²) in [5.41, 5.74) is 0. The van der Waals surface area contributed by atoms with Gasteiger partial charge in [0.1, 0.15) is 6.16 Å². The van der Waals surface area contributed by atoms with Gasteiger partial charge in [-0.15, -0.1) is 0 Å². The zero-order valence-corrected chi connectivity index (χ0v) is 8.04. The van der Waals surface area contributed by atoms with E-state index in [0.717, 1.165) is 0 Å². The van der Waals surface area contributed by atoms with Crippen molar-refractivity contribution in [3.05, 3.63) is 0 Å². The molecule has 0 aliphatic carbocycles. The molecule has 0 amide bonds. The zero-order chi connectivity index (χ0) is 9.61. The van der Waals surface area contributed by atoms with Crippen LogP contribution in [0.25, 0.3) is 0 Å². The number of aliphatic carboxylic acids is 1. The third-order valence-corrected chi connectivity index (χ3v) is 2.94. The minimum atomic E-state index is -3.38. The number of rotatable bonds is 6. The second-order valence-corrected chi connectivity index (χ2v) is 4.05. The fourth-order valence-corrected chi connectivity index (χ4v) is 2.06. The quantitative estimate of drug-likeness (QED) is 0.515. The smallest absolute Gasteiger partial charge is 0.341 e. The minimum absolute atomic E-state index is 0. The van der Waals surface area contributed by atoms with Crippen molar-refractivity contribution < 1.29 is 23.5 Å². The number of carbonyl (C=O) groups is 1. The molecule has 0 aliphatic rings. The van der Waals surface area contributed by atoms with Crippen LogP contribution >= 0.6 is 7.60 Å². The van der Waals surface area contributed by atoms with E-state index in [1.807, 2.05) is 0 Å². The lowest BCUT2D eigenvalue weighted by Gasteiger charge is -2.14. The van der Waals surface area contributed by atoms with Crippen molar-refractivity contribution in [2.45, 2.75) is 13.8 Å². The van der Waals surface area contributed by atoms with Crippen molar-refractivity contribution in [2.75, 3.05) is 19.4 Å². The highest BCUT2D eigenvalue weighted by atomic mass is 31.2. The van der Waals surface area contributed by atoms with Gasteiger partial charge in [-0.1, -0.05) is 0 Å². The van der Waals surface area contributed by atoms with Crippen LogP contribution in [-0.4, -0.2) is 47.8 Å². The molecule has 0 rings (SSSR count). The molecule has 0 bridgehead atoms. The third kappa shape index (κ3) is 7.24. The normalized spacial score (nSPS) is 10.6. The third-order valence-electron chi connectivity index (χ3n) is 0.981. The van der Waals surface area contributed by atoms with Gasteiger partial charge in [-0.25, -0.2) is 0 Å². The van der Waals surface area contributed by atoms with Gasteiger partial charge in [0, 0.05) is 0 Å². The van der Waals surface area contributed by atoms with Gasteiger partial charge < -0.3 is 14.2 Å². The molecule has 78 valence electrons. The molecule has 0 aromatic heterocycles. The standard InChI is InChI=1S/C6H13O5P.Al.3H/c1-3-10-12(9,11-4-2)5-6(7)8;;;;/h3-5H2,1-2H3,(H,7,8);;;;. The first-order valence-electron chi connectivity index (χ1n) is 3.64. The van der Waals surface area contributed by atoms with Gasteiger partial charge in [0.05, 0.1) is 13.2 Å². The second-order valence-electron chi connectivity index (χ2n) is 2.00. The maximum atomic E-state index is 11.4. The molecule has 0 radical (unpaired) electrons. The highest BCUT2D eigenvalue weighted by Crippen LogP contribution is 2.47. The summed E-state index contributed by atoms with van der Waals surface area (Å²) in [4.78, 5) is 10.2. The summed E-state index contributed by atoms with van der Waals surface area (Å²) in [5, 5.41) is 8.37. The van der Waals surface area contributed by atoms with Crippen LogP contribution < -0.4 is 0 Å². The van der Waals surface area contributed by atoms with Crippen molar-refractivity contribution in [2.24, 2.45) is 0 Å². The van der Waals surface area contributed by atoms with Crippen LogP contribution in [0.2, 0.25) is 0 Å². The average Bonchev–Trinajstić information content (AvgIpc) is 1.85. The summed E-state index contributed by atoms with van der Waals surface area (Å²) in [5.74, 6) is -1.18. The maximum absolute atomic E-state index is 11.4. The number of carboxylic acids is 1. The van der Waals surface area contributed by atoms with E-state index in [0.29, 0.717) is 0 Å². The molecule has 0 unspecified atom stereocenters. The van der Waals surface area contributed by atoms with Crippen molar-refractivity contribution in [1.82, 2.24) is 0 Å². The molecule has 0 aromatic carbocycles. The molecule has 0 fully saturated rings. The molecule has 7 heteroatoms. The van der Waals surface area contributed by atoms with Gasteiger partial charge in [-0.3, -0.25) is 9.36 Å². The van der Waals surface area contributed by atoms with E-state index in [2.05, 4.69) is 0 Å². The molecular weight excluding hydrogens is 210 g/mol. The van der Waals surface area contributed by atoms with Gasteiger partial charge in [-0.05, 0) is 13.8 Å². The predicted molar refractivity (Wildman–Crippen MR) is 53.3 cm³/mol. The van der Waals surface area contributed by atoms with E-state index in [9.17, 15) is 9.36 Å². The monoisotopic (exact) mass is 226 g/mol. The van der Waals surface area contributed by atoms with E-state index in [-0.39, 0.29) is 30.6 Å². The Labute approximate surface area is 88.1 Å². The van der Waals surface area contributed by atoms with Gasteiger partial charge >= 0.3 is 13.6 Å². The molecule has 0 heterocycles. The predicted octanol–water partition coefficient (Wildman–Crippen LogP) is 0.153. The van der Waals surface area contributed by atoms with Crippen LogP contribution in [0.5, 0.6) is 0 Å². The number of carboxylic acid groups (broad SMARTS) is 1. The van der Waals surface area contributed by atoms with Crippen LogP contribution in [-0.2, 0) is 18.4 Å². The molecule has 0 saturated carbocycles. The Balaban J connectivity index is 0. The largest absolute Gasteiger partial charge is 0.481 e. The number of hydrogen-bond donors (Lipinski definition) is 1. The Bertz CT molecular complexity index is 185. The first-order valence-corrected chi connectivity index (χ1v) is 5.36. The van der Waals surface area contributed by atoms with Gasteiger partial charge in [0.15, 0.2) is 17.4 Å². The lowest BCUT2D eigenvalue weighted by atomic mass is 10.8. The van der Waals surface area contributed by atoms with E-state index < -0.39 is 19.7 Å². The summed E-state index contributed by atoms with van der Waals surface area (Å²) in [6.07, 6.45) is -0.575. The zero-order valence-electron chi connectivity index (χ0n) is 7.15. The second kappa shape index (κ2) is 7.55. The summed E-state index contributed by atoms with van der Waals surface area (Å²) in [6.45, 7) is 3.64. The Morgan fingerprint density at radius 3 is 1.92 bits per heavy atom. The van der Waals surface area contributed by atoms with Crippen LogP contribution in [0.15, 0.2) is 0 Å². The Hall–Kier alpha value is 0.152. The summed E-state index contributed by atoms with van der Waals surface area (Å²) < 4.78 is 20.9. The lowest BCUT2D eigenvalue weighted by molar-refractivity contribution is -0.134. The molecule has 13 heavy (non-hydrogen) atoms. The summed E-state index contributed by atoms with van der Waals surface area (Å²) in [7, 11) is -3.38. The first kappa shape index (κ1) is 15.6. The molecule has 0 aromatic rings. The molecule has 1 N–H and O–H groups in total.